The van der Waals surface area contributed by atoms with Gasteiger partial charge >= 0.3 is 0 Å². The van der Waals surface area contributed by atoms with E-state index >= 15 is 0 Å². The summed E-state index contributed by atoms with van der Waals surface area (Å²) in [5.41, 5.74) is 4.92. The number of hydrogen-bond donors (Lipinski definition) is 2. The van der Waals surface area contributed by atoms with E-state index in [2.05, 4.69) is 23.6 Å². The molecule has 0 bridgehead atoms. The Kier molecular flexibility index (Phi) is 7.25. The third kappa shape index (κ3) is 4.80. The van der Waals surface area contributed by atoms with Crippen molar-refractivity contribution >= 4 is 42.1 Å². The average molecular weight is 407 g/mol. The number of fused-ring (bicyclic) bond motifs is 1. The fourth-order valence-corrected chi connectivity index (χ4v) is 3.38. The van der Waals surface area contributed by atoms with E-state index in [0.717, 1.165) is 47.5 Å². The molecule has 1 aliphatic heterocycles. The van der Waals surface area contributed by atoms with Gasteiger partial charge in [-0.3, -0.25) is 4.79 Å². The van der Waals surface area contributed by atoms with Gasteiger partial charge in [0.15, 0.2) is 0 Å². The van der Waals surface area contributed by atoms with Crippen LogP contribution < -0.4 is 10.6 Å². The number of imidazole rings is 1. The van der Waals surface area contributed by atoms with E-state index in [1.807, 2.05) is 47.1 Å². The van der Waals surface area contributed by atoms with Crippen LogP contribution in [0.4, 0.5) is 5.69 Å². The zero-order valence-electron chi connectivity index (χ0n) is 15.1. The van der Waals surface area contributed by atoms with E-state index < -0.39 is 0 Å². The summed E-state index contributed by atoms with van der Waals surface area (Å²) in [4.78, 5) is 16.8. The van der Waals surface area contributed by atoms with Gasteiger partial charge in [0.25, 0.3) is 0 Å². The summed E-state index contributed by atoms with van der Waals surface area (Å²) in [6.07, 6.45) is 6.81. The number of pyridine rings is 1. The van der Waals surface area contributed by atoms with Gasteiger partial charge in [0, 0.05) is 36.1 Å². The van der Waals surface area contributed by atoms with Crippen molar-refractivity contribution in [3.63, 3.8) is 0 Å². The van der Waals surface area contributed by atoms with Crippen LogP contribution in [0.15, 0.2) is 48.8 Å². The van der Waals surface area contributed by atoms with Crippen molar-refractivity contribution in [2.75, 3.05) is 11.9 Å². The topological polar surface area (TPSA) is 58.4 Å². The first-order valence-electron chi connectivity index (χ1n) is 8.77. The van der Waals surface area contributed by atoms with Crippen molar-refractivity contribution in [1.82, 2.24) is 14.7 Å². The molecular weight excluding hydrogens is 383 g/mol. The van der Waals surface area contributed by atoms with Gasteiger partial charge in [0.1, 0.15) is 5.65 Å². The van der Waals surface area contributed by atoms with Crippen LogP contribution in [0.1, 0.15) is 24.8 Å². The Morgan fingerprint density at radius 2 is 2.04 bits per heavy atom. The Labute approximate surface area is 171 Å². The molecule has 1 unspecified atom stereocenters. The zero-order valence-corrected chi connectivity index (χ0v) is 16.8. The molecule has 1 aromatic carbocycles. The number of benzene rings is 1. The van der Waals surface area contributed by atoms with Crippen molar-refractivity contribution in [1.29, 1.82) is 0 Å². The predicted molar refractivity (Wildman–Crippen MR) is 114 cm³/mol. The van der Waals surface area contributed by atoms with Gasteiger partial charge in [-0.05, 0) is 50.1 Å². The highest BCUT2D eigenvalue weighted by Crippen LogP contribution is 2.22. The number of nitrogens with zero attached hydrogens (tertiary/aromatic N) is 2. The number of rotatable bonds is 4. The average Bonchev–Trinajstić information content (AvgIpc) is 3.25. The van der Waals surface area contributed by atoms with Crippen LogP contribution in [-0.4, -0.2) is 27.9 Å². The summed E-state index contributed by atoms with van der Waals surface area (Å²) in [5.74, 6) is 0.0653. The molecule has 1 atom stereocenters. The Morgan fingerprint density at radius 1 is 1.26 bits per heavy atom. The molecule has 1 amide bonds. The minimum absolute atomic E-state index is 0. The quantitative estimate of drug-likeness (QED) is 0.681. The van der Waals surface area contributed by atoms with Crippen molar-refractivity contribution in [2.24, 2.45) is 0 Å². The Balaban J connectivity index is 0.00000131. The minimum Gasteiger partial charge on any atom is -0.326 e. The maximum absolute atomic E-state index is 12.1. The summed E-state index contributed by atoms with van der Waals surface area (Å²) >= 11 is 0. The lowest BCUT2D eigenvalue weighted by atomic mass is 10.1. The number of carbonyl (C=O) groups is 1. The predicted octanol–water partition coefficient (Wildman–Crippen LogP) is 4.23. The summed E-state index contributed by atoms with van der Waals surface area (Å²) in [5, 5.41) is 6.33. The van der Waals surface area contributed by atoms with E-state index in [-0.39, 0.29) is 30.7 Å². The molecule has 5 nitrogen and oxygen atoms in total. The minimum atomic E-state index is 0. The molecule has 1 aliphatic rings. The number of nitrogens with one attached hydrogen (secondary N) is 2. The number of anilines is 1. The number of amides is 1. The van der Waals surface area contributed by atoms with Crippen molar-refractivity contribution in [3.8, 4) is 11.3 Å². The third-order valence-corrected chi connectivity index (χ3v) is 4.74. The highest BCUT2D eigenvalue weighted by atomic mass is 35.5. The number of aryl methyl sites for hydroxylation is 1. The lowest BCUT2D eigenvalue weighted by Crippen LogP contribution is -2.27. The van der Waals surface area contributed by atoms with Gasteiger partial charge in [-0.2, -0.15) is 0 Å². The second-order valence-corrected chi connectivity index (χ2v) is 6.67. The molecule has 27 heavy (non-hydrogen) atoms. The zero-order chi connectivity index (χ0) is 17.2. The molecule has 0 spiro atoms. The van der Waals surface area contributed by atoms with Crippen molar-refractivity contribution in [2.45, 2.75) is 32.2 Å². The van der Waals surface area contributed by atoms with Crippen LogP contribution in [0.25, 0.3) is 16.9 Å². The summed E-state index contributed by atoms with van der Waals surface area (Å²) < 4.78 is 2.04. The first-order chi connectivity index (χ1) is 12.2. The molecule has 2 aromatic heterocycles. The maximum Gasteiger partial charge on any atom is 0.225 e. The second kappa shape index (κ2) is 9.22. The number of aromatic nitrogens is 2. The van der Waals surface area contributed by atoms with Crippen LogP contribution in [0.5, 0.6) is 0 Å². The molecule has 0 aliphatic carbocycles. The normalized spacial score (nSPS) is 15.8. The molecule has 144 valence electrons. The molecular formula is C20H24Cl2N4O. The molecule has 0 saturated carbocycles. The summed E-state index contributed by atoms with van der Waals surface area (Å²) in [7, 11) is 0. The summed E-state index contributed by atoms with van der Waals surface area (Å²) in [6.45, 7) is 3.08. The Bertz CT molecular complexity index is 902. The molecule has 2 N–H and O–H groups in total. The van der Waals surface area contributed by atoms with Gasteiger partial charge in [-0.25, -0.2) is 4.98 Å². The van der Waals surface area contributed by atoms with E-state index in [1.165, 1.54) is 0 Å². The number of hydrogen-bond acceptors (Lipinski definition) is 3. The lowest BCUT2D eigenvalue weighted by Gasteiger charge is -2.10. The van der Waals surface area contributed by atoms with Crippen LogP contribution >= 0.6 is 24.8 Å². The largest absolute Gasteiger partial charge is 0.326 e. The molecule has 7 heteroatoms. The molecule has 1 fully saturated rings. The van der Waals surface area contributed by atoms with Gasteiger partial charge < -0.3 is 15.0 Å². The monoisotopic (exact) mass is 406 g/mol. The van der Waals surface area contributed by atoms with Crippen molar-refractivity contribution in [3.05, 3.63) is 54.4 Å². The molecule has 3 aromatic rings. The fraction of sp³-hybridized carbons (Fsp3) is 0.300. The smallest absolute Gasteiger partial charge is 0.225 e. The van der Waals surface area contributed by atoms with E-state index in [1.54, 1.807) is 0 Å². The molecule has 1 saturated heterocycles. The van der Waals surface area contributed by atoms with Gasteiger partial charge in [0.2, 0.25) is 5.91 Å². The first-order valence-corrected chi connectivity index (χ1v) is 8.77. The van der Waals surface area contributed by atoms with Crippen LogP contribution in [0.2, 0.25) is 0 Å². The standard InChI is InChI=1S/C20H22N4O.2ClH/c1-14-4-3-11-24-13-18(23-20(14)24)15-6-8-16(9-7-15)22-19(25)12-17-5-2-10-21-17;;/h3-4,6-9,11,13,17,21H,2,5,10,12H2,1H3,(H,22,25);2*1H. The molecule has 3 heterocycles. The molecule has 4 rings (SSSR count). The van der Waals surface area contributed by atoms with Gasteiger partial charge in [0.05, 0.1) is 5.69 Å². The first kappa shape index (κ1) is 21.2. The number of carbonyl (C=O) groups excluding carboxylic acids is 1. The van der Waals surface area contributed by atoms with Gasteiger partial charge in [-0.15, -0.1) is 24.8 Å². The Morgan fingerprint density at radius 3 is 2.70 bits per heavy atom. The molecule has 0 radical (unpaired) electrons. The van der Waals surface area contributed by atoms with E-state index in [4.69, 9.17) is 4.98 Å². The van der Waals surface area contributed by atoms with Crippen molar-refractivity contribution < 1.29 is 4.79 Å². The summed E-state index contributed by atoms with van der Waals surface area (Å²) in [6, 6.07) is 12.3. The maximum atomic E-state index is 12.1. The van der Waals surface area contributed by atoms with E-state index in [9.17, 15) is 4.79 Å². The van der Waals surface area contributed by atoms with E-state index in [0.29, 0.717) is 12.5 Å². The number of halogens is 2. The second-order valence-electron chi connectivity index (χ2n) is 6.67. The highest BCUT2D eigenvalue weighted by Gasteiger charge is 2.17. The van der Waals surface area contributed by atoms with Gasteiger partial charge in [-0.1, -0.05) is 18.2 Å². The SMILES string of the molecule is Cc1cccn2cc(-c3ccc(NC(=O)CC4CCCN4)cc3)nc12.Cl.Cl. The van der Waals surface area contributed by atoms with Crippen LogP contribution in [0.3, 0.4) is 0 Å². The Hall–Kier alpha value is -2.08. The van der Waals surface area contributed by atoms with Crippen LogP contribution in [0, 0.1) is 6.92 Å². The lowest BCUT2D eigenvalue weighted by molar-refractivity contribution is -0.116. The van der Waals surface area contributed by atoms with Crippen LogP contribution in [-0.2, 0) is 4.79 Å². The highest BCUT2D eigenvalue weighted by molar-refractivity contribution is 5.91. The third-order valence-electron chi connectivity index (χ3n) is 4.74. The fourth-order valence-electron chi connectivity index (χ4n) is 3.38.